The lowest BCUT2D eigenvalue weighted by Crippen LogP contribution is -2.06. The van der Waals surface area contributed by atoms with Crippen molar-refractivity contribution in [2.45, 2.75) is 46.6 Å². The highest BCUT2D eigenvalue weighted by molar-refractivity contribution is 7.85. The smallest absolute Gasteiger partial charge is 0.175 e. The van der Waals surface area contributed by atoms with Crippen LogP contribution >= 0.6 is 0 Å². The van der Waals surface area contributed by atoms with E-state index in [1.54, 1.807) is 15.4 Å². The van der Waals surface area contributed by atoms with Gasteiger partial charge in [-0.25, -0.2) is 14.2 Å². The van der Waals surface area contributed by atoms with Gasteiger partial charge in [-0.15, -0.1) is 0 Å². The first kappa shape index (κ1) is 17.9. The number of rotatable bonds is 3. The zero-order valence-corrected chi connectivity index (χ0v) is 17.3. The number of nitrogens with zero attached hydrogens (tertiary/aromatic N) is 5. The van der Waals surface area contributed by atoms with Gasteiger partial charge in [-0.3, -0.25) is 4.21 Å². The summed E-state index contributed by atoms with van der Waals surface area (Å²) < 4.78 is 16.5. The second-order valence-corrected chi connectivity index (χ2v) is 8.66. The normalized spacial score (nSPS) is 13.0. The lowest BCUT2D eigenvalue weighted by atomic mass is 9.96. The van der Waals surface area contributed by atoms with Gasteiger partial charge in [0.15, 0.2) is 11.5 Å². The largest absolute Gasteiger partial charge is 0.253 e. The molecule has 0 aliphatic heterocycles. The van der Waals surface area contributed by atoms with Crippen molar-refractivity contribution >= 4 is 27.3 Å². The van der Waals surface area contributed by atoms with Crippen LogP contribution in [0.1, 0.15) is 34.7 Å². The van der Waals surface area contributed by atoms with Crippen LogP contribution in [-0.2, 0) is 10.8 Å². The van der Waals surface area contributed by atoms with Crippen molar-refractivity contribution in [1.82, 2.24) is 24.4 Å². The number of hydrogen-bond donors (Lipinski definition) is 0. The van der Waals surface area contributed by atoms with Gasteiger partial charge in [0.05, 0.1) is 28.7 Å². The van der Waals surface area contributed by atoms with Crippen molar-refractivity contribution < 1.29 is 4.21 Å². The topological polar surface area (TPSA) is 65.1 Å². The lowest BCUT2D eigenvalue weighted by Gasteiger charge is -2.10. The van der Waals surface area contributed by atoms with E-state index in [4.69, 9.17) is 5.10 Å². The van der Waals surface area contributed by atoms with Crippen LogP contribution in [0.25, 0.3) is 22.4 Å². The van der Waals surface area contributed by atoms with Crippen molar-refractivity contribution in [3.63, 3.8) is 0 Å². The minimum Gasteiger partial charge on any atom is -0.253 e. The summed E-state index contributed by atoms with van der Waals surface area (Å²) in [5.74, 6) is 1.16. The predicted molar refractivity (Wildman–Crippen MR) is 108 cm³/mol. The number of benzene rings is 1. The average Bonchev–Trinajstić information content (AvgIpc) is 3.25. The van der Waals surface area contributed by atoms with Gasteiger partial charge in [-0.2, -0.15) is 10.2 Å². The number of fused-ring (bicyclic) bond motifs is 2. The zero-order chi connectivity index (χ0) is 19.5. The van der Waals surface area contributed by atoms with Gasteiger partial charge in [-0.05, 0) is 68.5 Å². The van der Waals surface area contributed by atoms with E-state index in [1.165, 1.54) is 11.1 Å². The molecule has 6 nitrogen and oxygen atoms in total. The Morgan fingerprint density at radius 2 is 1.74 bits per heavy atom. The number of aromatic nitrogens is 5. The van der Waals surface area contributed by atoms with Crippen molar-refractivity contribution in [2.24, 2.45) is 0 Å². The summed E-state index contributed by atoms with van der Waals surface area (Å²) in [6, 6.07) is 1.97. The van der Waals surface area contributed by atoms with Crippen LogP contribution in [0, 0.1) is 34.6 Å². The summed E-state index contributed by atoms with van der Waals surface area (Å²) in [4.78, 5) is 4.69. The monoisotopic (exact) mass is 381 g/mol. The van der Waals surface area contributed by atoms with Crippen LogP contribution in [0.5, 0.6) is 0 Å². The summed E-state index contributed by atoms with van der Waals surface area (Å²) in [6.07, 6.45) is 3.63. The van der Waals surface area contributed by atoms with Crippen molar-refractivity contribution in [2.75, 3.05) is 5.75 Å². The van der Waals surface area contributed by atoms with E-state index in [-0.39, 0.29) is 0 Å². The van der Waals surface area contributed by atoms with Crippen LogP contribution in [-0.4, -0.2) is 34.3 Å². The van der Waals surface area contributed by atoms with Crippen LogP contribution in [0.3, 0.4) is 0 Å². The third kappa shape index (κ3) is 2.60. The molecule has 7 heteroatoms. The van der Waals surface area contributed by atoms with E-state index >= 15 is 0 Å². The standard InChI is InChI=1S/C20H23N5OS/c1-7-27(26)20-18-14(5)12(3)13(4)15(6)19(18)23-25(20)17-10-24-16(22-17)8-11(2)9-21-24/h8-10H,7H2,1-6H3. The molecule has 1 unspecified atom stereocenters. The summed E-state index contributed by atoms with van der Waals surface area (Å²) in [5.41, 5.74) is 7.40. The molecule has 1 atom stereocenters. The van der Waals surface area contributed by atoms with E-state index in [2.05, 4.69) is 37.8 Å². The van der Waals surface area contributed by atoms with E-state index in [1.807, 2.05) is 26.1 Å². The second kappa shape index (κ2) is 6.27. The second-order valence-electron chi connectivity index (χ2n) is 7.01. The molecule has 0 fully saturated rings. The number of imidazole rings is 1. The van der Waals surface area contributed by atoms with Gasteiger partial charge in [0.25, 0.3) is 0 Å². The molecule has 0 saturated heterocycles. The molecule has 0 radical (unpaired) electrons. The predicted octanol–water partition coefficient (Wildman–Crippen LogP) is 3.74. The molecule has 3 aromatic heterocycles. The van der Waals surface area contributed by atoms with Gasteiger partial charge in [-0.1, -0.05) is 6.92 Å². The summed E-state index contributed by atoms with van der Waals surface area (Å²) in [7, 11) is -1.17. The molecule has 27 heavy (non-hydrogen) atoms. The molecule has 0 saturated carbocycles. The molecule has 0 spiro atoms. The number of hydrogen-bond acceptors (Lipinski definition) is 4. The molecule has 4 aromatic rings. The Bertz CT molecular complexity index is 1230. The maximum atomic E-state index is 13.0. The Morgan fingerprint density at radius 1 is 1.04 bits per heavy atom. The van der Waals surface area contributed by atoms with E-state index in [9.17, 15) is 4.21 Å². The molecular formula is C20H23N5OS. The third-order valence-corrected chi connectivity index (χ3v) is 6.73. The minimum absolute atomic E-state index is 0.525. The number of aryl methyl sites for hydroxylation is 3. The highest BCUT2D eigenvalue weighted by atomic mass is 32.2. The fraction of sp³-hybridized carbons (Fsp3) is 0.350. The Balaban J connectivity index is 2.11. The molecule has 3 heterocycles. The van der Waals surface area contributed by atoms with Crippen molar-refractivity contribution in [3.05, 3.63) is 46.3 Å². The molecule has 0 N–H and O–H groups in total. The van der Waals surface area contributed by atoms with E-state index in [0.717, 1.165) is 38.3 Å². The Morgan fingerprint density at radius 3 is 2.44 bits per heavy atom. The molecule has 0 bridgehead atoms. The van der Waals surface area contributed by atoms with E-state index in [0.29, 0.717) is 11.6 Å². The Labute approximate surface area is 160 Å². The van der Waals surface area contributed by atoms with Gasteiger partial charge in [0.1, 0.15) is 5.03 Å². The quantitative estimate of drug-likeness (QED) is 0.542. The molecule has 140 valence electrons. The van der Waals surface area contributed by atoms with Crippen LogP contribution in [0.4, 0.5) is 0 Å². The molecule has 4 rings (SSSR count). The maximum Gasteiger partial charge on any atom is 0.175 e. The Hall–Kier alpha value is -2.54. The molecule has 0 aliphatic rings. The summed E-state index contributed by atoms with van der Waals surface area (Å²) in [6.45, 7) is 12.3. The van der Waals surface area contributed by atoms with Crippen molar-refractivity contribution in [3.8, 4) is 5.82 Å². The van der Waals surface area contributed by atoms with Gasteiger partial charge >= 0.3 is 0 Å². The lowest BCUT2D eigenvalue weighted by molar-refractivity contribution is 0.673. The van der Waals surface area contributed by atoms with Crippen LogP contribution in [0.15, 0.2) is 23.5 Å². The van der Waals surface area contributed by atoms with E-state index < -0.39 is 10.8 Å². The highest BCUT2D eigenvalue weighted by Crippen LogP contribution is 2.34. The SMILES string of the molecule is CCS(=O)c1c2c(C)c(C)c(C)c(C)c2nn1-c1cn2ncc(C)cc2n1. The average molecular weight is 382 g/mol. The summed E-state index contributed by atoms with van der Waals surface area (Å²) >= 11 is 0. The first-order chi connectivity index (χ1) is 12.8. The molecule has 0 amide bonds. The highest BCUT2D eigenvalue weighted by Gasteiger charge is 2.24. The zero-order valence-electron chi connectivity index (χ0n) is 16.5. The first-order valence-corrected chi connectivity index (χ1v) is 10.3. The van der Waals surface area contributed by atoms with Crippen LogP contribution in [0.2, 0.25) is 0 Å². The minimum atomic E-state index is -1.17. The van der Waals surface area contributed by atoms with Crippen LogP contribution < -0.4 is 0 Å². The van der Waals surface area contributed by atoms with Gasteiger partial charge in [0.2, 0.25) is 0 Å². The fourth-order valence-corrected chi connectivity index (χ4v) is 4.57. The first-order valence-electron chi connectivity index (χ1n) is 9.03. The molecule has 1 aromatic carbocycles. The maximum absolute atomic E-state index is 13.0. The third-order valence-electron chi connectivity index (χ3n) is 5.40. The summed E-state index contributed by atoms with van der Waals surface area (Å²) in [5, 5.41) is 10.9. The van der Waals surface area contributed by atoms with Crippen molar-refractivity contribution in [1.29, 1.82) is 0 Å². The van der Waals surface area contributed by atoms with Gasteiger partial charge < -0.3 is 0 Å². The molecular weight excluding hydrogens is 358 g/mol. The fourth-order valence-electron chi connectivity index (χ4n) is 3.49. The molecule has 0 aliphatic carbocycles. The van der Waals surface area contributed by atoms with Gasteiger partial charge in [0, 0.05) is 11.1 Å². The Kier molecular flexibility index (Phi) is 4.14.